The van der Waals surface area contributed by atoms with E-state index in [1.165, 1.54) is 0 Å². The van der Waals surface area contributed by atoms with Crippen molar-refractivity contribution in [3.05, 3.63) is 15.9 Å². The van der Waals surface area contributed by atoms with Crippen LogP contribution in [0.15, 0.2) is 0 Å². The van der Waals surface area contributed by atoms with Crippen LogP contribution >= 0.6 is 0 Å². The maximum Gasteiger partial charge on any atom is 0.406 e. The molecule has 21 heavy (non-hydrogen) atoms. The number of hydrogen-bond acceptors (Lipinski definition) is 6. The lowest BCUT2D eigenvalue weighted by molar-refractivity contribution is -0.388. The van der Waals surface area contributed by atoms with Gasteiger partial charge in [0.2, 0.25) is 11.6 Å². The second-order valence-corrected chi connectivity index (χ2v) is 5.43. The van der Waals surface area contributed by atoms with Gasteiger partial charge < -0.3 is 25.5 Å². The molecule has 0 aromatic carbocycles. The second kappa shape index (κ2) is 6.40. The number of anilines is 1. The molecular formula is C13H23N5O3. The predicted octanol–water partition coefficient (Wildman–Crippen LogP) is 1.30. The van der Waals surface area contributed by atoms with Crippen LogP contribution in [0, 0.1) is 17.0 Å². The molecule has 0 bridgehead atoms. The van der Waals surface area contributed by atoms with Gasteiger partial charge in [0.1, 0.15) is 0 Å². The van der Waals surface area contributed by atoms with Crippen LogP contribution in [-0.4, -0.2) is 46.8 Å². The summed E-state index contributed by atoms with van der Waals surface area (Å²) in [5, 5.41) is 17.8. The number of aromatic nitrogens is 2. The lowest BCUT2D eigenvalue weighted by Crippen LogP contribution is -2.50. The average molecular weight is 297 g/mol. The minimum Gasteiger partial charge on any atom is -0.383 e. The first-order chi connectivity index (χ1) is 10.0. The lowest BCUT2D eigenvalue weighted by Gasteiger charge is -2.29. The Morgan fingerprint density at radius 1 is 1.62 bits per heavy atom. The molecule has 1 aromatic heterocycles. The van der Waals surface area contributed by atoms with Gasteiger partial charge in [0.15, 0.2) is 0 Å². The van der Waals surface area contributed by atoms with Crippen LogP contribution in [0.5, 0.6) is 0 Å². The molecule has 8 heteroatoms. The Morgan fingerprint density at radius 2 is 2.38 bits per heavy atom. The van der Waals surface area contributed by atoms with Crippen LogP contribution in [0.3, 0.4) is 0 Å². The largest absolute Gasteiger partial charge is 0.406 e. The average Bonchev–Trinajstić information content (AvgIpc) is 3.02. The van der Waals surface area contributed by atoms with Gasteiger partial charge in [-0.05, 0) is 36.2 Å². The first-order valence-corrected chi connectivity index (χ1v) is 7.22. The van der Waals surface area contributed by atoms with Gasteiger partial charge in [0.05, 0.1) is 12.1 Å². The van der Waals surface area contributed by atoms with Crippen LogP contribution in [0.1, 0.15) is 25.6 Å². The molecule has 0 saturated carbocycles. The highest BCUT2D eigenvalue weighted by Gasteiger charge is 2.35. The molecule has 1 unspecified atom stereocenters. The molecule has 0 radical (unpaired) electrons. The Kier molecular flexibility index (Phi) is 4.79. The molecule has 1 aromatic rings. The highest BCUT2D eigenvalue weighted by atomic mass is 16.6. The van der Waals surface area contributed by atoms with Crippen molar-refractivity contribution < 1.29 is 9.66 Å². The highest BCUT2D eigenvalue weighted by Crippen LogP contribution is 2.27. The molecule has 0 amide bonds. The summed E-state index contributed by atoms with van der Waals surface area (Å²) in [6.07, 6.45) is 2.07. The van der Waals surface area contributed by atoms with Crippen molar-refractivity contribution in [3.8, 4) is 0 Å². The van der Waals surface area contributed by atoms with Crippen molar-refractivity contribution in [1.82, 2.24) is 14.9 Å². The minimum absolute atomic E-state index is 0.111. The molecule has 0 spiro atoms. The number of aryl methyl sites for hydroxylation is 1. The molecule has 2 rings (SSSR count). The zero-order chi connectivity index (χ0) is 15.5. The number of methoxy groups -OCH3 is 1. The summed E-state index contributed by atoms with van der Waals surface area (Å²) in [4.78, 5) is 14.8. The molecule has 0 aliphatic carbocycles. The maximum atomic E-state index is 11.2. The fourth-order valence-corrected chi connectivity index (χ4v) is 2.96. The number of ether oxygens (including phenoxy) is 1. The Bertz CT molecular complexity index is 508. The Morgan fingerprint density at radius 3 is 2.90 bits per heavy atom. The zero-order valence-electron chi connectivity index (χ0n) is 12.8. The van der Waals surface area contributed by atoms with Gasteiger partial charge in [0.25, 0.3) is 0 Å². The Labute approximate surface area is 124 Å². The molecule has 1 saturated heterocycles. The van der Waals surface area contributed by atoms with Crippen molar-refractivity contribution >= 4 is 11.6 Å². The van der Waals surface area contributed by atoms with Gasteiger partial charge in [-0.25, -0.2) is 0 Å². The van der Waals surface area contributed by atoms with E-state index < -0.39 is 4.92 Å². The van der Waals surface area contributed by atoms with Gasteiger partial charge in [-0.2, -0.15) is 0 Å². The van der Waals surface area contributed by atoms with Gasteiger partial charge in [-0.1, -0.05) is 0 Å². The van der Waals surface area contributed by atoms with Crippen LogP contribution in [0.25, 0.3) is 0 Å². The third-order valence-corrected chi connectivity index (χ3v) is 3.98. The van der Waals surface area contributed by atoms with Crippen molar-refractivity contribution in [3.63, 3.8) is 0 Å². The number of nitrogens with zero attached hydrogens (tertiary/aromatic N) is 3. The molecular weight excluding hydrogens is 274 g/mol. The summed E-state index contributed by atoms with van der Waals surface area (Å²) in [7, 11) is 1.67. The molecule has 1 aliphatic heterocycles. The van der Waals surface area contributed by atoms with E-state index in [9.17, 15) is 10.1 Å². The summed E-state index contributed by atoms with van der Waals surface area (Å²) >= 11 is 0. The van der Waals surface area contributed by atoms with Crippen molar-refractivity contribution in [2.24, 2.45) is 0 Å². The Balaban J connectivity index is 2.20. The fourth-order valence-electron chi connectivity index (χ4n) is 2.96. The quantitative estimate of drug-likeness (QED) is 0.582. The van der Waals surface area contributed by atoms with Gasteiger partial charge in [-0.3, -0.25) is 4.57 Å². The van der Waals surface area contributed by atoms with E-state index in [4.69, 9.17) is 4.74 Å². The number of hydrogen-bond donors (Lipinski definition) is 2. The fraction of sp³-hybridized carbons (Fsp3) is 0.769. The second-order valence-electron chi connectivity index (χ2n) is 5.43. The molecule has 2 heterocycles. The number of nitro groups is 1. The maximum absolute atomic E-state index is 11.2. The molecule has 8 nitrogen and oxygen atoms in total. The summed E-state index contributed by atoms with van der Waals surface area (Å²) in [6, 6.07) is 0. The summed E-state index contributed by atoms with van der Waals surface area (Å²) < 4.78 is 7.13. The molecule has 1 fully saturated rings. The third kappa shape index (κ3) is 3.16. The van der Waals surface area contributed by atoms with E-state index in [1.54, 1.807) is 14.0 Å². The van der Waals surface area contributed by atoms with E-state index in [2.05, 4.69) is 15.6 Å². The monoisotopic (exact) mass is 297 g/mol. The molecule has 1 atom stereocenters. The molecule has 118 valence electrons. The van der Waals surface area contributed by atoms with E-state index in [0.717, 1.165) is 19.4 Å². The predicted molar refractivity (Wildman–Crippen MR) is 79.6 cm³/mol. The molecule has 2 N–H and O–H groups in total. The SMILES string of the molecule is CCn1c(C)nc([N+](=O)[O-])c1NCC1(COC)CCCN1. The lowest BCUT2D eigenvalue weighted by atomic mass is 9.99. The van der Waals surface area contributed by atoms with Crippen molar-refractivity contribution in [2.75, 3.05) is 32.1 Å². The van der Waals surface area contributed by atoms with E-state index in [-0.39, 0.29) is 11.4 Å². The van der Waals surface area contributed by atoms with E-state index in [0.29, 0.717) is 31.3 Å². The van der Waals surface area contributed by atoms with Gasteiger partial charge in [0, 0.05) is 27.1 Å². The first kappa shape index (κ1) is 15.7. The summed E-state index contributed by atoms with van der Waals surface area (Å²) in [5.74, 6) is 1.01. The van der Waals surface area contributed by atoms with Gasteiger partial charge in [-0.15, -0.1) is 0 Å². The third-order valence-electron chi connectivity index (χ3n) is 3.98. The van der Waals surface area contributed by atoms with Crippen LogP contribution in [0.2, 0.25) is 0 Å². The number of imidazole rings is 1. The van der Waals surface area contributed by atoms with Crippen LogP contribution in [0.4, 0.5) is 11.6 Å². The topological polar surface area (TPSA) is 94.2 Å². The summed E-state index contributed by atoms with van der Waals surface area (Å²) in [5.41, 5.74) is -0.167. The minimum atomic E-state index is -0.438. The summed E-state index contributed by atoms with van der Waals surface area (Å²) in [6.45, 7) is 6.46. The smallest absolute Gasteiger partial charge is 0.383 e. The first-order valence-electron chi connectivity index (χ1n) is 7.22. The van der Waals surface area contributed by atoms with Crippen molar-refractivity contribution in [2.45, 2.75) is 38.8 Å². The zero-order valence-corrected chi connectivity index (χ0v) is 12.8. The standard InChI is InChI=1S/C13H23N5O3/c1-4-17-10(2)16-12(18(19)20)11(17)14-8-13(9-21-3)6-5-7-15-13/h14-15H,4-9H2,1-3H3. The number of nitrogens with one attached hydrogen (secondary N) is 2. The van der Waals surface area contributed by atoms with E-state index in [1.807, 2.05) is 11.5 Å². The molecule has 1 aliphatic rings. The normalized spacial score (nSPS) is 21.7. The van der Waals surface area contributed by atoms with Crippen molar-refractivity contribution in [1.29, 1.82) is 0 Å². The highest BCUT2D eigenvalue weighted by molar-refractivity contribution is 5.54. The van der Waals surface area contributed by atoms with E-state index >= 15 is 0 Å². The van der Waals surface area contributed by atoms with Crippen LogP contribution in [-0.2, 0) is 11.3 Å². The van der Waals surface area contributed by atoms with Gasteiger partial charge >= 0.3 is 5.82 Å². The van der Waals surface area contributed by atoms with Crippen LogP contribution < -0.4 is 10.6 Å². The number of rotatable bonds is 7. The Hall–Kier alpha value is -1.67.